The molecule has 2 aliphatic heterocycles. The number of pyridine rings is 1. The Kier molecular flexibility index (Phi) is 7.38. The molecular weight excluding hydrogens is 482 g/mol. The van der Waals surface area contributed by atoms with Gasteiger partial charge >= 0.3 is 0 Å². The summed E-state index contributed by atoms with van der Waals surface area (Å²) < 4.78 is 17.1. The number of aliphatic hydroxyl groups excluding tert-OH is 1. The molecule has 3 N–H and O–H groups in total. The number of fused-ring (bicyclic) bond motifs is 2. The van der Waals surface area contributed by atoms with E-state index in [1.807, 2.05) is 6.20 Å². The van der Waals surface area contributed by atoms with E-state index in [1.54, 1.807) is 24.3 Å². The Labute approximate surface area is 224 Å². The normalized spacial score (nSPS) is 20.6. The van der Waals surface area contributed by atoms with Crippen molar-refractivity contribution in [1.82, 2.24) is 15.6 Å². The van der Waals surface area contributed by atoms with Crippen LogP contribution in [0.2, 0.25) is 0 Å². The molecule has 204 valence electrons. The average molecular weight is 522 g/mol. The first kappa shape index (κ1) is 26.5. The summed E-state index contributed by atoms with van der Waals surface area (Å²) >= 11 is 0. The van der Waals surface area contributed by atoms with Gasteiger partial charge in [-0.3, -0.25) is 4.79 Å². The van der Waals surface area contributed by atoms with Crippen LogP contribution in [0.15, 0.2) is 43.1 Å². The van der Waals surface area contributed by atoms with E-state index in [0.717, 1.165) is 37.7 Å². The molecule has 3 atom stereocenters. The van der Waals surface area contributed by atoms with Crippen molar-refractivity contribution in [2.75, 3.05) is 13.3 Å². The molecule has 0 unspecified atom stereocenters. The summed E-state index contributed by atoms with van der Waals surface area (Å²) in [4.78, 5) is 17.7. The van der Waals surface area contributed by atoms with Crippen molar-refractivity contribution in [1.29, 1.82) is 0 Å². The van der Waals surface area contributed by atoms with E-state index >= 15 is 0 Å². The Hall–Kier alpha value is -3.10. The highest BCUT2D eigenvalue weighted by Gasteiger charge is 2.46. The van der Waals surface area contributed by atoms with Gasteiger partial charge in [-0.05, 0) is 67.3 Å². The van der Waals surface area contributed by atoms with Gasteiger partial charge in [0.1, 0.15) is 5.60 Å². The molecule has 8 heteroatoms. The number of hydrogen-bond acceptors (Lipinski definition) is 7. The van der Waals surface area contributed by atoms with Crippen LogP contribution in [-0.2, 0) is 6.42 Å². The van der Waals surface area contributed by atoms with Gasteiger partial charge in [-0.25, -0.2) is 4.98 Å². The summed E-state index contributed by atoms with van der Waals surface area (Å²) in [5.41, 5.74) is 2.64. The Balaban J connectivity index is 1.28. The monoisotopic (exact) mass is 521 g/mol. The molecule has 1 aliphatic carbocycles. The maximum Gasteiger partial charge on any atom is 0.251 e. The fourth-order valence-corrected chi connectivity index (χ4v) is 5.53. The number of rotatable bonds is 9. The highest BCUT2D eigenvalue weighted by atomic mass is 16.7. The van der Waals surface area contributed by atoms with E-state index in [4.69, 9.17) is 19.2 Å². The topological polar surface area (TPSA) is 102 Å². The lowest BCUT2D eigenvalue weighted by Crippen LogP contribution is -2.52. The van der Waals surface area contributed by atoms with Crippen LogP contribution in [0.4, 0.5) is 0 Å². The Morgan fingerprint density at radius 2 is 2.05 bits per heavy atom. The maximum absolute atomic E-state index is 13.0. The minimum atomic E-state index is -0.819. The quantitative estimate of drug-likeness (QED) is 0.419. The van der Waals surface area contributed by atoms with Crippen LogP contribution < -0.4 is 24.8 Å². The Morgan fingerprint density at radius 3 is 2.76 bits per heavy atom. The van der Waals surface area contributed by atoms with Crippen molar-refractivity contribution in [3.05, 3.63) is 59.8 Å². The summed E-state index contributed by atoms with van der Waals surface area (Å²) in [6.07, 6.45) is 8.20. The van der Waals surface area contributed by atoms with Gasteiger partial charge in [-0.2, -0.15) is 0 Å². The van der Waals surface area contributed by atoms with E-state index in [9.17, 15) is 9.90 Å². The molecule has 5 rings (SSSR count). The van der Waals surface area contributed by atoms with Crippen molar-refractivity contribution in [2.45, 2.75) is 83.1 Å². The van der Waals surface area contributed by atoms with Crippen LogP contribution in [0.5, 0.6) is 17.4 Å². The average Bonchev–Trinajstić information content (AvgIpc) is 3.33. The lowest BCUT2D eigenvalue weighted by Gasteiger charge is -2.47. The van der Waals surface area contributed by atoms with E-state index < -0.39 is 12.1 Å². The lowest BCUT2D eigenvalue weighted by atomic mass is 9.73. The zero-order chi connectivity index (χ0) is 26.9. The summed E-state index contributed by atoms with van der Waals surface area (Å²) in [6, 6.07) is 6.78. The van der Waals surface area contributed by atoms with Crippen LogP contribution in [0, 0.1) is 5.41 Å². The zero-order valence-corrected chi connectivity index (χ0v) is 22.6. The minimum absolute atomic E-state index is 0.00932. The number of ether oxygens (including phenoxy) is 3. The van der Waals surface area contributed by atoms with Crippen molar-refractivity contribution >= 4 is 5.91 Å². The lowest BCUT2D eigenvalue weighted by molar-refractivity contribution is -0.0420. The van der Waals surface area contributed by atoms with E-state index in [2.05, 4.69) is 44.1 Å². The third kappa shape index (κ3) is 5.81. The van der Waals surface area contributed by atoms with E-state index in [0.29, 0.717) is 35.9 Å². The summed E-state index contributed by atoms with van der Waals surface area (Å²) in [7, 11) is 0. The van der Waals surface area contributed by atoms with Gasteiger partial charge in [0.15, 0.2) is 11.5 Å². The molecule has 1 saturated carbocycles. The van der Waals surface area contributed by atoms with Gasteiger partial charge in [-0.15, -0.1) is 6.58 Å². The van der Waals surface area contributed by atoms with E-state index in [-0.39, 0.29) is 29.8 Å². The molecule has 1 aromatic carbocycles. The first-order valence-corrected chi connectivity index (χ1v) is 13.6. The Bertz CT molecular complexity index is 1190. The number of carbonyl (C=O) groups excluding carboxylic acids is 1. The molecule has 1 aromatic heterocycles. The largest absolute Gasteiger partial charge is 0.471 e. The van der Waals surface area contributed by atoms with Gasteiger partial charge in [0.25, 0.3) is 5.91 Å². The zero-order valence-electron chi connectivity index (χ0n) is 22.6. The summed E-state index contributed by atoms with van der Waals surface area (Å²) in [6.45, 7) is 10.9. The molecule has 3 heterocycles. The minimum Gasteiger partial charge on any atom is -0.471 e. The molecule has 0 radical (unpaired) electrons. The predicted molar refractivity (Wildman–Crippen MR) is 145 cm³/mol. The number of nitrogens with zero attached hydrogens (tertiary/aromatic N) is 1. The standard InChI is InChI=1S/C30H39N3O5/c1-5-7-22(33-27(35)20-8-9-25-26(13-20)37-18-36-25)24(34)17-31-23-15-30(10-6-11-30)38-28-21(23)12-19(16-32-28)14-29(2,3)4/h5,8-9,12-13,16,22-24,31,34H,1,6-7,10-11,14-15,17-18H2,2-4H3,(H,33,35)/t22-,23-,24+/m0/s1. The fourth-order valence-electron chi connectivity index (χ4n) is 5.53. The van der Waals surface area contributed by atoms with Crippen molar-refractivity contribution in [3.63, 3.8) is 0 Å². The molecule has 2 aromatic rings. The van der Waals surface area contributed by atoms with Crippen LogP contribution in [-0.4, -0.2) is 47.1 Å². The number of nitrogens with one attached hydrogen (secondary N) is 2. The molecule has 1 spiro atoms. The second kappa shape index (κ2) is 10.6. The summed E-state index contributed by atoms with van der Waals surface area (Å²) in [5.74, 6) is 1.58. The first-order valence-electron chi connectivity index (χ1n) is 13.6. The highest BCUT2D eigenvalue weighted by Crippen LogP contribution is 2.48. The highest BCUT2D eigenvalue weighted by molar-refractivity contribution is 5.95. The maximum atomic E-state index is 13.0. The van der Waals surface area contributed by atoms with Gasteiger partial charge < -0.3 is 30.0 Å². The van der Waals surface area contributed by atoms with Gasteiger partial charge in [0.2, 0.25) is 12.7 Å². The summed E-state index contributed by atoms with van der Waals surface area (Å²) in [5, 5.41) is 17.7. The first-order chi connectivity index (χ1) is 18.1. The second-order valence-electron chi connectivity index (χ2n) is 12.0. The molecular formula is C30H39N3O5. The molecule has 0 bridgehead atoms. The molecule has 38 heavy (non-hydrogen) atoms. The number of carbonyl (C=O) groups is 1. The van der Waals surface area contributed by atoms with Crippen molar-refractivity contribution in [2.24, 2.45) is 5.41 Å². The molecule has 0 saturated heterocycles. The third-order valence-electron chi connectivity index (χ3n) is 7.61. The van der Waals surface area contributed by atoms with Crippen molar-refractivity contribution < 1.29 is 24.1 Å². The van der Waals surface area contributed by atoms with Crippen LogP contribution in [0.25, 0.3) is 0 Å². The molecule has 3 aliphatic rings. The molecule has 1 fully saturated rings. The van der Waals surface area contributed by atoms with Crippen LogP contribution in [0.1, 0.15) is 80.4 Å². The van der Waals surface area contributed by atoms with Crippen molar-refractivity contribution in [3.8, 4) is 17.4 Å². The number of aliphatic hydroxyl groups is 1. The van der Waals surface area contributed by atoms with Crippen LogP contribution in [0.3, 0.4) is 0 Å². The fraction of sp³-hybridized carbons (Fsp3) is 0.533. The molecule has 1 amide bonds. The third-order valence-corrected chi connectivity index (χ3v) is 7.61. The smallest absolute Gasteiger partial charge is 0.251 e. The number of aromatic nitrogens is 1. The van der Waals surface area contributed by atoms with Gasteiger partial charge in [0.05, 0.1) is 12.1 Å². The Morgan fingerprint density at radius 1 is 1.26 bits per heavy atom. The number of amides is 1. The van der Waals surface area contributed by atoms with E-state index in [1.165, 1.54) is 5.56 Å². The number of hydrogen-bond donors (Lipinski definition) is 3. The predicted octanol–water partition coefficient (Wildman–Crippen LogP) is 4.47. The van der Waals surface area contributed by atoms with Gasteiger partial charge in [0, 0.05) is 36.3 Å². The molecule has 8 nitrogen and oxygen atoms in total. The second-order valence-corrected chi connectivity index (χ2v) is 12.0. The van der Waals surface area contributed by atoms with Crippen LogP contribution >= 0.6 is 0 Å². The van der Waals surface area contributed by atoms with Gasteiger partial charge in [-0.1, -0.05) is 26.8 Å². The number of benzene rings is 1. The SMILES string of the molecule is C=CC[C@H](NC(=O)c1ccc2c(c1)OCO2)[C@H](O)CN[C@H]1CC2(CCC2)Oc2ncc(CC(C)(C)C)cc21.